The number of anilines is 1. The summed E-state index contributed by atoms with van der Waals surface area (Å²) in [4.78, 5) is 10.9. The van der Waals surface area contributed by atoms with Crippen LogP contribution in [0, 0.1) is 13.8 Å². The van der Waals surface area contributed by atoms with Gasteiger partial charge in [0.1, 0.15) is 0 Å². The molecule has 0 radical (unpaired) electrons. The molecule has 0 saturated carbocycles. The number of carbonyl (C=O) groups excluding carboxylic acids is 1. The van der Waals surface area contributed by atoms with Crippen LogP contribution in [0.1, 0.15) is 24.1 Å². The number of methoxy groups -OCH3 is 1. The van der Waals surface area contributed by atoms with Crippen molar-refractivity contribution in [2.24, 2.45) is 0 Å². The number of ether oxygens (including phenoxy) is 1. The largest absolute Gasteiger partial charge is 0.469 e. The van der Waals surface area contributed by atoms with Crippen molar-refractivity contribution in [2.45, 2.75) is 26.7 Å². The van der Waals surface area contributed by atoms with Crippen LogP contribution < -0.4 is 4.72 Å². The number of hydrogen-bond donors (Lipinski definition) is 2. The number of aryl methyl sites for hydroxylation is 1. The zero-order valence-electron chi connectivity index (χ0n) is 10.6. The van der Waals surface area contributed by atoms with Crippen LogP contribution in [0.5, 0.6) is 0 Å². The van der Waals surface area contributed by atoms with Crippen molar-refractivity contribution < 1.29 is 17.9 Å². The number of H-pyrrole nitrogens is 1. The molecule has 8 heteroatoms. The first-order valence-electron chi connectivity index (χ1n) is 5.44. The van der Waals surface area contributed by atoms with Gasteiger partial charge in [0.2, 0.25) is 10.0 Å². The SMILES string of the molecule is COC(=O)CCCS(=O)(=O)Nc1n[nH]c(C)c1C. The van der Waals surface area contributed by atoms with Crippen LogP contribution in [0.25, 0.3) is 0 Å². The highest BCUT2D eigenvalue weighted by Crippen LogP contribution is 2.15. The van der Waals surface area contributed by atoms with Gasteiger partial charge in [0.05, 0.1) is 12.9 Å². The third kappa shape index (κ3) is 4.02. The molecule has 102 valence electrons. The molecule has 1 heterocycles. The highest BCUT2D eigenvalue weighted by atomic mass is 32.2. The maximum Gasteiger partial charge on any atom is 0.305 e. The Morgan fingerprint density at radius 3 is 2.61 bits per heavy atom. The van der Waals surface area contributed by atoms with Gasteiger partial charge in [-0.25, -0.2) is 8.42 Å². The lowest BCUT2D eigenvalue weighted by molar-refractivity contribution is -0.140. The number of rotatable bonds is 6. The maximum atomic E-state index is 11.7. The van der Waals surface area contributed by atoms with Gasteiger partial charge in [0, 0.05) is 17.7 Å². The lowest BCUT2D eigenvalue weighted by Crippen LogP contribution is -2.18. The van der Waals surface area contributed by atoms with E-state index in [0.717, 1.165) is 11.3 Å². The number of aromatic nitrogens is 2. The Bertz CT molecular complexity index is 521. The normalized spacial score (nSPS) is 11.3. The summed E-state index contributed by atoms with van der Waals surface area (Å²) < 4.78 is 30.2. The molecule has 1 aromatic rings. The molecule has 1 aromatic heterocycles. The Balaban J connectivity index is 2.55. The fourth-order valence-corrected chi connectivity index (χ4v) is 2.41. The molecule has 0 fully saturated rings. The van der Waals surface area contributed by atoms with Crippen LogP contribution in [0.4, 0.5) is 5.82 Å². The summed E-state index contributed by atoms with van der Waals surface area (Å²) in [6.45, 7) is 3.57. The molecule has 0 atom stereocenters. The molecule has 0 aliphatic heterocycles. The van der Waals surface area contributed by atoms with E-state index in [4.69, 9.17) is 0 Å². The third-order valence-corrected chi connectivity index (χ3v) is 3.86. The molecule has 1 rings (SSSR count). The highest BCUT2D eigenvalue weighted by Gasteiger charge is 2.15. The number of esters is 1. The Morgan fingerprint density at radius 1 is 1.44 bits per heavy atom. The molecule has 0 spiro atoms. The average molecular weight is 275 g/mol. The first-order chi connectivity index (χ1) is 8.35. The van der Waals surface area contributed by atoms with Crippen LogP contribution in [-0.4, -0.2) is 37.4 Å². The van der Waals surface area contributed by atoms with Gasteiger partial charge in [-0.05, 0) is 20.3 Å². The second-order valence-electron chi connectivity index (χ2n) is 3.92. The number of nitrogens with one attached hydrogen (secondary N) is 2. The fraction of sp³-hybridized carbons (Fsp3) is 0.600. The molecule has 0 aromatic carbocycles. The first-order valence-corrected chi connectivity index (χ1v) is 7.10. The standard InChI is InChI=1S/C10H17N3O4S/c1-7-8(2)11-12-10(7)13-18(15,16)6-4-5-9(14)17-3/h4-6H2,1-3H3,(H2,11,12,13). The van der Waals surface area contributed by atoms with Crippen molar-refractivity contribution in [2.75, 3.05) is 17.6 Å². The summed E-state index contributed by atoms with van der Waals surface area (Å²) in [5, 5.41) is 6.54. The Morgan fingerprint density at radius 2 is 2.11 bits per heavy atom. The van der Waals surface area contributed by atoms with E-state index in [1.54, 1.807) is 13.8 Å². The van der Waals surface area contributed by atoms with Crippen molar-refractivity contribution in [3.05, 3.63) is 11.3 Å². The van der Waals surface area contributed by atoms with E-state index >= 15 is 0 Å². The molecular formula is C10H17N3O4S. The maximum absolute atomic E-state index is 11.7. The van der Waals surface area contributed by atoms with E-state index in [0.29, 0.717) is 5.82 Å². The van der Waals surface area contributed by atoms with E-state index in [1.807, 2.05) is 0 Å². The molecule has 2 N–H and O–H groups in total. The van der Waals surface area contributed by atoms with Gasteiger partial charge in [-0.3, -0.25) is 14.6 Å². The molecule has 0 aliphatic rings. The molecule has 0 saturated heterocycles. The number of aromatic amines is 1. The number of sulfonamides is 1. The molecular weight excluding hydrogens is 258 g/mol. The van der Waals surface area contributed by atoms with Gasteiger partial charge in [0.15, 0.2) is 5.82 Å². The van der Waals surface area contributed by atoms with Crippen molar-refractivity contribution in [1.82, 2.24) is 10.2 Å². The van der Waals surface area contributed by atoms with Gasteiger partial charge in [-0.1, -0.05) is 0 Å². The summed E-state index contributed by atoms with van der Waals surface area (Å²) in [5.41, 5.74) is 1.56. The lowest BCUT2D eigenvalue weighted by Gasteiger charge is -2.05. The summed E-state index contributed by atoms with van der Waals surface area (Å²) in [7, 11) is -2.22. The van der Waals surface area contributed by atoms with Crippen LogP contribution >= 0.6 is 0 Å². The molecule has 0 unspecified atom stereocenters. The zero-order valence-corrected chi connectivity index (χ0v) is 11.4. The minimum absolute atomic E-state index is 0.0794. The Labute approximate surface area is 106 Å². The summed E-state index contributed by atoms with van der Waals surface area (Å²) in [6.07, 6.45) is 0.292. The predicted octanol–water partition coefficient (Wildman–Crippen LogP) is 0.721. The minimum atomic E-state index is -3.49. The number of hydrogen-bond acceptors (Lipinski definition) is 5. The van der Waals surface area contributed by atoms with Crippen LogP contribution in [0.2, 0.25) is 0 Å². The number of carbonyl (C=O) groups is 1. The van der Waals surface area contributed by atoms with E-state index < -0.39 is 16.0 Å². The van der Waals surface area contributed by atoms with E-state index in [-0.39, 0.29) is 18.6 Å². The third-order valence-electron chi connectivity index (χ3n) is 2.53. The first kappa shape index (κ1) is 14.5. The quantitative estimate of drug-likeness (QED) is 0.745. The van der Waals surface area contributed by atoms with Crippen LogP contribution in [0.3, 0.4) is 0 Å². The Kier molecular flexibility index (Phi) is 4.71. The predicted molar refractivity (Wildman–Crippen MR) is 66.7 cm³/mol. The van der Waals surface area contributed by atoms with E-state index in [9.17, 15) is 13.2 Å². The topological polar surface area (TPSA) is 101 Å². The van der Waals surface area contributed by atoms with Crippen molar-refractivity contribution in [3.8, 4) is 0 Å². The molecule has 7 nitrogen and oxygen atoms in total. The average Bonchev–Trinajstić information content (AvgIpc) is 2.60. The lowest BCUT2D eigenvalue weighted by atomic mass is 10.3. The van der Waals surface area contributed by atoms with Crippen molar-refractivity contribution >= 4 is 21.8 Å². The molecule has 0 bridgehead atoms. The van der Waals surface area contributed by atoms with Gasteiger partial charge in [0.25, 0.3) is 0 Å². The molecule has 18 heavy (non-hydrogen) atoms. The summed E-state index contributed by atoms with van der Waals surface area (Å²) in [5.74, 6) is -0.268. The molecule has 0 amide bonds. The van der Waals surface area contributed by atoms with Gasteiger partial charge < -0.3 is 4.74 Å². The van der Waals surface area contributed by atoms with Gasteiger partial charge >= 0.3 is 5.97 Å². The number of nitrogens with zero attached hydrogens (tertiary/aromatic N) is 1. The minimum Gasteiger partial charge on any atom is -0.469 e. The second kappa shape index (κ2) is 5.85. The van der Waals surface area contributed by atoms with Crippen LogP contribution in [-0.2, 0) is 19.6 Å². The van der Waals surface area contributed by atoms with Gasteiger partial charge in [-0.15, -0.1) is 0 Å². The van der Waals surface area contributed by atoms with E-state index in [1.165, 1.54) is 7.11 Å². The summed E-state index contributed by atoms with van der Waals surface area (Å²) >= 11 is 0. The fourth-order valence-electron chi connectivity index (χ4n) is 1.29. The second-order valence-corrected chi connectivity index (χ2v) is 5.76. The Hall–Kier alpha value is -1.57. The monoisotopic (exact) mass is 275 g/mol. The van der Waals surface area contributed by atoms with Crippen molar-refractivity contribution in [3.63, 3.8) is 0 Å². The summed E-state index contributed by atoms with van der Waals surface area (Å²) in [6, 6.07) is 0. The highest BCUT2D eigenvalue weighted by molar-refractivity contribution is 7.92. The zero-order chi connectivity index (χ0) is 13.8. The van der Waals surface area contributed by atoms with Gasteiger partial charge in [-0.2, -0.15) is 5.10 Å². The molecule has 0 aliphatic carbocycles. The van der Waals surface area contributed by atoms with Crippen molar-refractivity contribution in [1.29, 1.82) is 0 Å². The van der Waals surface area contributed by atoms with E-state index in [2.05, 4.69) is 19.7 Å². The van der Waals surface area contributed by atoms with Crippen LogP contribution in [0.15, 0.2) is 0 Å². The smallest absolute Gasteiger partial charge is 0.305 e.